The van der Waals surface area contributed by atoms with E-state index in [1.54, 1.807) is 38.2 Å². The third-order valence-corrected chi connectivity index (χ3v) is 3.06. The normalized spacial score (nSPS) is 14.8. The third kappa shape index (κ3) is 3.45. The van der Waals surface area contributed by atoms with Crippen molar-refractivity contribution in [1.82, 2.24) is 4.90 Å². The van der Waals surface area contributed by atoms with E-state index in [2.05, 4.69) is 5.16 Å². The molecule has 0 heterocycles. The molecule has 0 aliphatic heterocycles. The number of carbonyl (C=O) groups is 1. The second-order valence-corrected chi connectivity index (χ2v) is 4.35. The molecule has 104 valence electrons. The van der Waals surface area contributed by atoms with Crippen LogP contribution in [0.15, 0.2) is 35.5 Å². The number of hydrogen-bond donors (Lipinski definition) is 3. The van der Waals surface area contributed by atoms with Crippen LogP contribution in [0, 0.1) is 0 Å². The average Bonchev–Trinajstić information content (AvgIpc) is 2.46. The molecular weight excluding hydrogens is 246 g/mol. The maximum absolute atomic E-state index is 12.4. The molecule has 4 N–H and O–H groups in total. The van der Waals surface area contributed by atoms with E-state index in [0.29, 0.717) is 5.56 Å². The van der Waals surface area contributed by atoms with E-state index in [4.69, 9.17) is 16.0 Å². The van der Waals surface area contributed by atoms with Crippen LogP contribution in [0.25, 0.3) is 0 Å². The second-order valence-electron chi connectivity index (χ2n) is 4.35. The van der Waals surface area contributed by atoms with Crippen LogP contribution in [0.3, 0.4) is 0 Å². The molecule has 1 aromatic rings. The molecule has 19 heavy (non-hydrogen) atoms. The first kappa shape index (κ1) is 15.0. The fraction of sp³-hybridized carbons (Fsp3) is 0.385. The average molecular weight is 265 g/mol. The van der Waals surface area contributed by atoms with Gasteiger partial charge in [-0.25, -0.2) is 0 Å². The maximum Gasteiger partial charge on any atom is 0.237 e. The van der Waals surface area contributed by atoms with Gasteiger partial charge in [0, 0.05) is 7.05 Å². The molecule has 1 aromatic carbocycles. The van der Waals surface area contributed by atoms with Gasteiger partial charge in [0.25, 0.3) is 0 Å². The summed E-state index contributed by atoms with van der Waals surface area (Å²) in [5, 5.41) is 20.9. The Kier molecular flexibility index (Phi) is 5.32. The summed E-state index contributed by atoms with van der Waals surface area (Å²) in [6.45, 7) is 1.56. The topological polar surface area (TPSA) is 99.2 Å². The zero-order valence-electron chi connectivity index (χ0n) is 11.0. The van der Waals surface area contributed by atoms with Crippen LogP contribution in [0.2, 0.25) is 0 Å². The molecule has 1 rings (SSSR count). The smallest absolute Gasteiger partial charge is 0.237 e. The van der Waals surface area contributed by atoms with Crippen LogP contribution < -0.4 is 5.73 Å². The van der Waals surface area contributed by atoms with E-state index >= 15 is 0 Å². The molecule has 0 aromatic heterocycles. The molecule has 6 heteroatoms. The van der Waals surface area contributed by atoms with Crippen LogP contribution in [0.5, 0.6) is 0 Å². The number of nitrogens with two attached hydrogens (primary N) is 1. The van der Waals surface area contributed by atoms with Gasteiger partial charge in [-0.2, -0.15) is 0 Å². The number of aliphatic hydroxyl groups is 1. The van der Waals surface area contributed by atoms with E-state index in [-0.39, 0.29) is 24.4 Å². The fourth-order valence-corrected chi connectivity index (χ4v) is 1.69. The standard InChI is InChI=1S/C13H19N3O3/c1-9(8-17)16(2)13(18)11(12(14)15-19)10-6-4-3-5-7-10/h3-7,9,11,17,19H,8H2,1-2H3,(H2,14,15). The number of rotatable bonds is 5. The Labute approximate surface area is 112 Å². The van der Waals surface area contributed by atoms with E-state index in [9.17, 15) is 4.79 Å². The highest BCUT2D eigenvalue weighted by molar-refractivity contribution is 6.07. The quantitative estimate of drug-likeness (QED) is 0.310. The first-order chi connectivity index (χ1) is 9.02. The van der Waals surface area contributed by atoms with Crippen molar-refractivity contribution >= 4 is 11.7 Å². The van der Waals surface area contributed by atoms with Gasteiger partial charge in [0.05, 0.1) is 12.6 Å². The van der Waals surface area contributed by atoms with Crippen LogP contribution in [-0.2, 0) is 4.79 Å². The molecule has 0 spiro atoms. The first-order valence-corrected chi connectivity index (χ1v) is 5.92. The number of benzene rings is 1. The van der Waals surface area contributed by atoms with E-state index in [1.165, 1.54) is 4.90 Å². The molecule has 0 saturated heterocycles. The van der Waals surface area contributed by atoms with Crippen molar-refractivity contribution in [2.24, 2.45) is 10.9 Å². The lowest BCUT2D eigenvalue weighted by atomic mass is 9.96. The van der Waals surface area contributed by atoms with Gasteiger partial charge in [-0.1, -0.05) is 35.5 Å². The summed E-state index contributed by atoms with van der Waals surface area (Å²) < 4.78 is 0. The third-order valence-electron chi connectivity index (χ3n) is 3.06. The Bertz CT molecular complexity index is 448. The van der Waals surface area contributed by atoms with Crippen LogP contribution in [-0.4, -0.2) is 46.7 Å². The number of likely N-dealkylation sites (N-methyl/N-ethyl adjacent to an activating group) is 1. The Balaban J connectivity index is 3.09. The van der Waals surface area contributed by atoms with Gasteiger partial charge in [0.1, 0.15) is 5.92 Å². The van der Waals surface area contributed by atoms with E-state index in [0.717, 1.165) is 0 Å². The van der Waals surface area contributed by atoms with Crippen molar-refractivity contribution in [2.45, 2.75) is 18.9 Å². The summed E-state index contributed by atoms with van der Waals surface area (Å²) in [4.78, 5) is 13.8. The monoisotopic (exact) mass is 265 g/mol. The Hall–Kier alpha value is -2.08. The number of amides is 1. The molecule has 0 radical (unpaired) electrons. The summed E-state index contributed by atoms with van der Waals surface area (Å²) >= 11 is 0. The summed E-state index contributed by atoms with van der Waals surface area (Å²) in [7, 11) is 1.57. The molecule has 0 fully saturated rings. The highest BCUT2D eigenvalue weighted by atomic mass is 16.4. The number of amidine groups is 1. The van der Waals surface area contributed by atoms with Crippen LogP contribution in [0.4, 0.5) is 0 Å². The van der Waals surface area contributed by atoms with Crippen LogP contribution >= 0.6 is 0 Å². The first-order valence-electron chi connectivity index (χ1n) is 5.92. The SMILES string of the molecule is CC(CO)N(C)C(=O)C(/C(N)=N/O)c1ccccc1. The van der Waals surface area contributed by atoms with Gasteiger partial charge < -0.3 is 20.9 Å². The van der Waals surface area contributed by atoms with Crippen molar-refractivity contribution in [3.05, 3.63) is 35.9 Å². The molecule has 0 aliphatic carbocycles. The Morgan fingerprint density at radius 3 is 2.47 bits per heavy atom. The van der Waals surface area contributed by atoms with Crippen molar-refractivity contribution in [1.29, 1.82) is 0 Å². The zero-order chi connectivity index (χ0) is 14.4. The lowest BCUT2D eigenvalue weighted by Gasteiger charge is -2.27. The molecule has 6 nitrogen and oxygen atoms in total. The predicted molar refractivity (Wildman–Crippen MR) is 71.9 cm³/mol. The Morgan fingerprint density at radius 1 is 1.42 bits per heavy atom. The minimum Gasteiger partial charge on any atom is -0.409 e. The van der Waals surface area contributed by atoms with Crippen molar-refractivity contribution in [3.8, 4) is 0 Å². The molecule has 0 bridgehead atoms. The zero-order valence-corrected chi connectivity index (χ0v) is 11.0. The van der Waals surface area contributed by atoms with E-state index < -0.39 is 5.92 Å². The number of carbonyl (C=O) groups excluding carboxylic acids is 1. The number of nitrogens with zero attached hydrogens (tertiary/aromatic N) is 2. The molecule has 2 unspecified atom stereocenters. The lowest BCUT2D eigenvalue weighted by molar-refractivity contribution is -0.132. The lowest BCUT2D eigenvalue weighted by Crippen LogP contribution is -2.43. The van der Waals surface area contributed by atoms with E-state index in [1.807, 2.05) is 6.07 Å². The molecule has 1 amide bonds. The summed E-state index contributed by atoms with van der Waals surface area (Å²) in [6, 6.07) is 8.49. The molecule has 0 aliphatic rings. The minimum atomic E-state index is -0.856. The van der Waals surface area contributed by atoms with Gasteiger partial charge in [-0.05, 0) is 12.5 Å². The summed E-state index contributed by atoms with van der Waals surface area (Å²) in [6.07, 6.45) is 0. The fourth-order valence-electron chi connectivity index (χ4n) is 1.69. The van der Waals surface area contributed by atoms with Gasteiger partial charge in [0.2, 0.25) is 5.91 Å². The van der Waals surface area contributed by atoms with Crippen LogP contribution in [0.1, 0.15) is 18.4 Å². The maximum atomic E-state index is 12.4. The number of aliphatic hydroxyl groups excluding tert-OH is 1. The highest BCUT2D eigenvalue weighted by Gasteiger charge is 2.29. The highest BCUT2D eigenvalue weighted by Crippen LogP contribution is 2.19. The second kappa shape index (κ2) is 6.75. The van der Waals surface area contributed by atoms with Crippen molar-refractivity contribution < 1.29 is 15.1 Å². The summed E-state index contributed by atoms with van der Waals surface area (Å²) in [5.41, 5.74) is 6.26. The summed E-state index contributed by atoms with van der Waals surface area (Å²) in [5.74, 6) is -1.36. The number of hydrogen-bond acceptors (Lipinski definition) is 4. The minimum absolute atomic E-state index is 0.153. The molecule has 2 atom stereocenters. The van der Waals surface area contributed by atoms with Crippen molar-refractivity contribution in [3.63, 3.8) is 0 Å². The predicted octanol–water partition coefficient (Wildman–Crippen LogP) is 0.356. The van der Waals surface area contributed by atoms with Gasteiger partial charge in [-0.3, -0.25) is 4.79 Å². The largest absolute Gasteiger partial charge is 0.409 e. The number of oxime groups is 1. The van der Waals surface area contributed by atoms with Gasteiger partial charge in [0.15, 0.2) is 5.84 Å². The molecule has 0 saturated carbocycles. The Morgan fingerprint density at radius 2 is 2.00 bits per heavy atom. The van der Waals surface area contributed by atoms with Crippen molar-refractivity contribution in [2.75, 3.05) is 13.7 Å². The molecular formula is C13H19N3O3. The van der Waals surface area contributed by atoms with Gasteiger partial charge >= 0.3 is 0 Å². The van der Waals surface area contributed by atoms with Gasteiger partial charge in [-0.15, -0.1) is 0 Å².